The van der Waals surface area contributed by atoms with Crippen LogP contribution in [-0.4, -0.2) is 28.8 Å². The van der Waals surface area contributed by atoms with Crippen LogP contribution in [0.25, 0.3) is 12.2 Å². The summed E-state index contributed by atoms with van der Waals surface area (Å²) in [5.74, 6) is -1.37. The molecule has 8 heteroatoms. The standard InChI is InChI=1S/C13H19NO.C12H17NO.C10H11NO.C10H10O2/c1-4-12(10(3)13(14)15)11-7-5-6-9(2)8-11;1-3-10(8-12(13)14)11-6-4-5-9(2)7-11;2*1-8-3-2-4-9(7-8)5-6-10(11)12/h5-8,10,12H,4H2,1-3H3,(H2,14,15);4-7,10H,3,8H2,1-2H3,(H2,13,14);2-7H,1H3,(H2,11,12);2-7H,1H3,(H,11,12)/b;;2*6-5+/t10-,12-;10-;;/m11../s1. The zero-order chi connectivity index (χ0) is 39.9. The summed E-state index contributed by atoms with van der Waals surface area (Å²) >= 11 is 0. The van der Waals surface area contributed by atoms with Crippen LogP contribution in [0.3, 0.4) is 0 Å². The number of hydrogen-bond donors (Lipinski definition) is 4. The average molecular weight is 720 g/mol. The molecule has 53 heavy (non-hydrogen) atoms. The summed E-state index contributed by atoms with van der Waals surface area (Å²) < 4.78 is 0. The first-order valence-electron chi connectivity index (χ1n) is 17.8. The van der Waals surface area contributed by atoms with E-state index in [1.54, 1.807) is 12.2 Å². The summed E-state index contributed by atoms with van der Waals surface area (Å²) in [6.45, 7) is 14.2. The second-order valence-electron chi connectivity index (χ2n) is 13.0. The minimum atomic E-state index is -0.920. The summed E-state index contributed by atoms with van der Waals surface area (Å²) in [7, 11) is 0. The van der Waals surface area contributed by atoms with Gasteiger partial charge in [-0.3, -0.25) is 14.4 Å². The predicted octanol–water partition coefficient (Wildman–Crippen LogP) is 8.56. The van der Waals surface area contributed by atoms with Gasteiger partial charge >= 0.3 is 5.97 Å². The maximum atomic E-state index is 11.2. The molecular weight excluding hydrogens is 663 g/mol. The summed E-state index contributed by atoms with van der Waals surface area (Å²) in [6.07, 6.45) is 8.11. The van der Waals surface area contributed by atoms with E-state index < -0.39 is 11.9 Å². The van der Waals surface area contributed by atoms with Crippen molar-refractivity contribution in [3.8, 4) is 0 Å². The van der Waals surface area contributed by atoms with Crippen molar-refractivity contribution in [3.63, 3.8) is 0 Å². The lowest BCUT2D eigenvalue weighted by molar-refractivity contribution is -0.131. The SMILES string of the molecule is CC[C@@H](c1cccc(C)c1)[C@@H](C)C(N)=O.CC[C@H](CC(N)=O)c1cccc(C)c1.Cc1cccc(/C=C/C(=O)O)c1.Cc1cccc(/C=C/C(N)=O)c1. The van der Waals surface area contributed by atoms with Crippen molar-refractivity contribution in [3.05, 3.63) is 154 Å². The molecule has 0 unspecified atom stereocenters. The molecule has 0 aliphatic carbocycles. The predicted molar refractivity (Wildman–Crippen MR) is 218 cm³/mol. The maximum absolute atomic E-state index is 11.2. The molecule has 7 N–H and O–H groups in total. The third-order valence-electron chi connectivity index (χ3n) is 8.36. The molecule has 3 amide bonds. The molecule has 282 valence electrons. The second kappa shape index (κ2) is 24.4. The Balaban J connectivity index is 0.000000355. The Morgan fingerprint density at radius 3 is 1.43 bits per heavy atom. The number of aryl methyl sites for hydroxylation is 4. The minimum Gasteiger partial charge on any atom is -0.478 e. The Kier molecular flexibility index (Phi) is 20.9. The molecular formula is C45H57N3O5. The van der Waals surface area contributed by atoms with E-state index in [1.807, 2.05) is 81.4 Å². The minimum absolute atomic E-state index is 0.100. The number of rotatable bonds is 12. The van der Waals surface area contributed by atoms with Gasteiger partial charge in [-0.05, 0) is 86.8 Å². The zero-order valence-corrected chi connectivity index (χ0v) is 32.2. The fourth-order valence-corrected chi connectivity index (χ4v) is 5.54. The van der Waals surface area contributed by atoms with E-state index >= 15 is 0 Å². The molecule has 0 fully saturated rings. The van der Waals surface area contributed by atoms with Gasteiger partial charge in [0.25, 0.3) is 0 Å². The van der Waals surface area contributed by atoms with Crippen LogP contribution >= 0.6 is 0 Å². The van der Waals surface area contributed by atoms with Crippen LogP contribution in [0.2, 0.25) is 0 Å². The number of hydrogen-bond acceptors (Lipinski definition) is 4. The monoisotopic (exact) mass is 719 g/mol. The van der Waals surface area contributed by atoms with Crippen molar-refractivity contribution in [2.45, 2.75) is 79.6 Å². The van der Waals surface area contributed by atoms with Crippen molar-refractivity contribution in [1.82, 2.24) is 0 Å². The second-order valence-corrected chi connectivity index (χ2v) is 13.0. The van der Waals surface area contributed by atoms with Gasteiger partial charge in [0.15, 0.2) is 0 Å². The number of nitrogens with two attached hydrogens (primary N) is 3. The molecule has 0 aliphatic heterocycles. The van der Waals surface area contributed by atoms with Gasteiger partial charge in [0.2, 0.25) is 17.7 Å². The van der Waals surface area contributed by atoms with Crippen molar-refractivity contribution in [2.75, 3.05) is 0 Å². The summed E-state index contributed by atoms with van der Waals surface area (Å²) in [6, 6.07) is 32.1. The van der Waals surface area contributed by atoms with Crippen molar-refractivity contribution in [2.24, 2.45) is 23.1 Å². The number of carbonyl (C=O) groups excluding carboxylic acids is 3. The fourth-order valence-electron chi connectivity index (χ4n) is 5.54. The maximum Gasteiger partial charge on any atom is 0.328 e. The van der Waals surface area contributed by atoms with Gasteiger partial charge in [-0.2, -0.15) is 0 Å². The van der Waals surface area contributed by atoms with Gasteiger partial charge in [0.05, 0.1) is 0 Å². The smallest absolute Gasteiger partial charge is 0.328 e. The quantitative estimate of drug-likeness (QED) is 0.108. The van der Waals surface area contributed by atoms with Crippen LogP contribution in [-0.2, 0) is 19.2 Å². The zero-order valence-electron chi connectivity index (χ0n) is 32.2. The van der Waals surface area contributed by atoms with E-state index in [2.05, 4.69) is 64.1 Å². The Hall–Kier alpha value is -5.76. The topological polar surface area (TPSA) is 167 Å². The van der Waals surface area contributed by atoms with E-state index in [0.29, 0.717) is 6.42 Å². The molecule has 4 rings (SSSR count). The number of amides is 3. The molecule has 4 aromatic rings. The van der Waals surface area contributed by atoms with E-state index in [4.69, 9.17) is 22.3 Å². The highest BCUT2D eigenvalue weighted by atomic mass is 16.4. The molecule has 0 spiro atoms. The largest absolute Gasteiger partial charge is 0.478 e. The van der Waals surface area contributed by atoms with E-state index in [-0.39, 0.29) is 29.6 Å². The number of benzene rings is 4. The first kappa shape index (κ1) is 45.3. The van der Waals surface area contributed by atoms with E-state index in [1.165, 1.54) is 33.9 Å². The lowest BCUT2D eigenvalue weighted by Crippen LogP contribution is -2.26. The highest BCUT2D eigenvalue weighted by Crippen LogP contribution is 2.28. The molecule has 0 bridgehead atoms. The number of carboxylic acid groups (broad SMARTS) is 1. The Morgan fingerprint density at radius 2 is 1.06 bits per heavy atom. The third kappa shape index (κ3) is 19.4. The van der Waals surface area contributed by atoms with Crippen molar-refractivity contribution in [1.29, 1.82) is 0 Å². The lowest BCUT2D eigenvalue weighted by atomic mass is 9.84. The molecule has 0 saturated carbocycles. The highest BCUT2D eigenvalue weighted by Gasteiger charge is 2.21. The molecule has 3 atom stereocenters. The first-order valence-corrected chi connectivity index (χ1v) is 17.8. The van der Waals surface area contributed by atoms with Gasteiger partial charge in [-0.1, -0.05) is 140 Å². The highest BCUT2D eigenvalue weighted by molar-refractivity contribution is 5.90. The molecule has 0 saturated heterocycles. The van der Waals surface area contributed by atoms with Gasteiger partial charge in [-0.15, -0.1) is 0 Å². The Labute approximate surface area is 315 Å². The summed E-state index contributed by atoms with van der Waals surface area (Å²) in [5.41, 5.74) is 24.6. The van der Waals surface area contributed by atoms with Crippen LogP contribution in [0, 0.1) is 33.6 Å². The molecule has 0 aliphatic rings. The number of primary amides is 3. The summed E-state index contributed by atoms with van der Waals surface area (Å²) in [4.78, 5) is 42.6. The molecule has 0 aromatic heterocycles. The van der Waals surface area contributed by atoms with Gasteiger partial charge < -0.3 is 22.3 Å². The van der Waals surface area contributed by atoms with E-state index in [9.17, 15) is 19.2 Å². The van der Waals surface area contributed by atoms with Crippen LogP contribution in [0.4, 0.5) is 0 Å². The first-order chi connectivity index (χ1) is 25.1. The van der Waals surface area contributed by atoms with E-state index in [0.717, 1.165) is 35.6 Å². The van der Waals surface area contributed by atoms with Crippen molar-refractivity contribution < 1.29 is 24.3 Å². The van der Waals surface area contributed by atoms with Crippen LogP contribution in [0.15, 0.2) is 109 Å². The normalized spacial score (nSPS) is 12.1. The van der Waals surface area contributed by atoms with Crippen LogP contribution < -0.4 is 17.2 Å². The third-order valence-corrected chi connectivity index (χ3v) is 8.36. The lowest BCUT2D eigenvalue weighted by Gasteiger charge is -2.20. The molecule has 8 nitrogen and oxygen atoms in total. The Bertz CT molecular complexity index is 1760. The fraction of sp³-hybridized carbons (Fsp3) is 0.289. The van der Waals surface area contributed by atoms with Gasteiger partial charge in [0.1, 0.15) is 0 Å². The summed E-state index contributed by atoms with van der Waals surface area (Å²) in [5, 5.41) is 8.36. The average Bonchev–Trinajstić information content (AvgIpc) is 3.10. The molecule has 0 heterocycles. The van der Waals surface area contributed by atoms with Gasteiger partial charge in [-0.25, -0.2) is 4.79 Å². The number of carbonyl (C=O) groups is 4. The number of carboxylic acids is 1. The molecule has 0 radical (unpaired) electrons. The Morgan fingerprint density at radius 1 is 0.623 bits per heavy atom. The number of aliphatic carboxylic acids is 1. The van der Waals surface area contributed by atoms with Crippen LogP contribution in [0.5, 0.6) is 0 Å². The van der Waals surface area contributed by atoms with Crippen molar-refractivity contribution >= 4 is 35.8 Å². The van der Waals surface area contributed by atoms with Gasteiger partial charge in [0, 0.05) is 24.5 Å². The molecule has 4 aromatic carbocycles. The van der Waals surface area contributed by atoms with Crippen LogP contribution in [0.1, 0.15) is 96.4 Å².